The summed E-state index contributed by atoms with van der Waals surface area (Å²) in [6, 6.07) is 5.22. The van der Waals surface area contributed by atoms with E-state index in [2.05, 4.69) is 4.98 Å². The summed E-state index contributed by atoms with van der Waals surface area (Å²) in [4.78, 5) is 14.6. The molecule has 0 radical (unpaired) electrons. The maximum Gasteiger partial charge on any atom is 0.371 e. The Morgan fingerprint density at radius 1 is 1.29 bits per heavy atom. The minimum absolute atomic E-state index is 0.400. The minimum Gasteiger partial charge on any atom is -0.475 e. The molecule has 0 saturated heterocycles. The molecule has 2 aromatic heterocycles. The fraction of sp³-hybridized carbons (Fsp3) is 0.231. The SMILES string of the molecule is CC(c1ccncc1)N(C)S(=O)(=O)c1ccc(C(=O)O)o1. The van der Waals surface area contributed by atoms with Gasteiger partial charge in [-0.1, -0.05) is 0 Å². The smallest absolute Gasteiger partial charge is 0.371 e. The zero-order valence-electron chi connectivity index (χ0n) is 11.4. The van der Waals surface area contributed by atoms with Gasteiger partial charge in [0, 0.05) is 25.5 Å². The van der Waals surface area contributed by atoms with Crippen LogP contribution in [-0.4, -0.2) is 35.8 Å². The van der Waals surface area contributed by atoms with Crippen LogP contribution in [-0.2, 0) is 10.0 Å². The number of nitrogens with zero attached hydrogens (tertiary/aromatic N) is 2. The average molecular weight is 310 g/mol. The molecule has 0 amide bonds. The van der Waals surface area contributed by atoms with Gasteiger partial charge in [-0.3, -0.25) is 4.98 Å². The van der Waals surface area contributed by atoms with Crippen molar-refractivity contribution in [2.45, 2.75) is 18.1 Å². The highest BCUT2D eigenvalue weighted by molar-refractivity contribution is 7.89. The summed E-state index contributed by atoms with van der Waals surface area (Å²) >= 11 is 0. The molecular formula is C13H14N2O5S. The first-order chi connectivity index (χ1) is 9.84. The summed E-state index contributed by atoms with van der Waals surface area (Å²) in [5.41, 5.74) is 0.765. The van der Waals surface area contributed by atoms with Gasteiger partial charge in [-0.25, -0.2) is 13.2 Å². The monoisotopic (exact) mass is 310 g/mol. The van der Waals surface area contributed by atoms with Crippen molar-refractivity contribution in [2.75, 3.05) is 7.05 Å². The third-order valence-electron chi connectivity index (χ3n) is 3.16. The van der Waals surface area contributed by atoms with E-state index in [-0.39, 0.29) is 0 Å². The molecule has 2 aromatic rings. The zero-order chi connectivity index (χ0) is 15.6. The van der Waals surface area contributed by atoms with Gasteiger partial charge in [-0.2, -0.15) is 4.31 Å². The van der Waals surface area contributed by atoms with Crippen LogP contribution in [0.4, 0.5) is 0 Å². The Labute approximate surface area is 121 Å². The number of aromatic carboxylic acids is 1. The summed E-state index contributed by atoms with van der Waals surface area (Å²) in [6.45, 7) is 1.72. The number of carbonyl (C=O) groups is 1. The summed E-state index contributed by atoms with van der Waals surface area (Å²) in [7, 11) is -2.51. The Balaban J connectivity index is 2.32. The van der Waals surface area contributed by atoms with Crippen molar-refractivity contribution >= 4 is 16.0 Å². The maximum atomic E-state index is 12.4. The average Bonchev–Trinajstić information content (AvgIpc) is 2.97. The van der Waals surface area contributed by atoms with Crippen LogP contribution in [0, 0.1) is 0 Å². The molecule has 1 atom stereocenters. The molecule has 0 aliphatic rings. The van der Waals surface area contributed by atoms with E-state index in [1.807, 2.05) is 0 Å². The zero-order valence-corrected chi connectivity index (χ0v) is 12.2. The molecule has 1 N–H and O–H groups in total. The van der Waals surface area contributed by atoms with Gasteiger partial charge in [0.2, 0.25) is 10.9 Å². The van der Waals surface area contributed by atoms with Gasteiger partial charge in [0.05, 0.1) is 0 Å². The van der Waals surface area contributed by atoms with Crippen molar-refractivity contribution in [2.24, 2.45) is 0 Å². The second-order valence-corrected chi connectivity index (χ2v) is 6.33. The van der Waals surface area contributed by atoms with Gasteiger partial charge < -0.3 is 9.52 Å². The lowest BCUT2D eigenvalue weighted by molar-refractivity contribution is 0.0656. The predicted octanol–water partition coefficient (Wildman–Crippen LogP) is 1.75. The van der Waals surface area contributed by atoms with Crippen LogP contribution >= 0.6 is 0 Å². The van der Waals surface area contributed by atoms with Gasteiger partial charge in [0.1, 0.15) is 0 Å². The number of hydrogen-bond acceptors (Lipinski definition) is 5. The molecule has 0 spiro atoms. The van der Waals surface area contributed by atoms with Crippen LogP contribution in [0.5, 0.6) is 0 Å². The number of carboxylic acid groups (broad SMARTS) is 1. The molecule has 2 heterocycles. The standard InChI is InChI=1S/C13H14N2O5S/c1-9(10-5-7-14-8-6-10)15(2)21(18,19)12-4-3-11(20-12)13(16)17/h3-9H,1-2H3,(H,16,17). The van der Waals surface area contributed by atoms with E-state index < -0.39 is 32.9 Å². The van der Waals surface area contributed by atoms with Gasteiger partial charge >= 0.3 is 5.97 Å². The van der Waals surface area contributed by atoms with E-state index >= 15 is 0 Å². The molecule has 112 valence electrons. The molecule has 0 aliphatic carbocycles. The predicted molar refractivity (Wildman–Crippen MR) is 73.3 cm³/mol. The molecule has 1 unspecified atom stereocenters. The second kappa shape index (κ2) is 5.66. The van der Waals surface area contributed by atoms with Gasteiger partial charge in [0.25, 0.3) is 10.0 Å². The lowest BCUT2D eigenvalue weighted by Crippen LogP contribution is -2.29. The molecule has 0 bridgehead atoms. The van der Waals surface area contributed by atoms with Crippen LogP contribution in [0.3, 0.4) is 0 Å². The third-order valence-corrected chi connectivity index (χ3v) is 4.96. The van der Waals surface area contributed by atoms with Crippen LogP contribution in [0.2, 0.25) is 0 Å². The van der Waals surface area contributed by atoms with Crippen molar-refractivity contribution in [3.8, 4) is 0 Å². The Hall–Kier alpha value is -2.19. The van der Waals surface area contributed by atoms with Crippen LogP contribution in [0.25, 0.3) is 0 Å². The number of carboxylic acids is 1. The lowest BCUT2D eigenvalue weighted by atomic mass is 10.1. The molecule has 7 nitrogen and oxygen atoms in total. The quantitative estimate of drug-likeness (QED) is 0.903. The topological polar surface area (TPSA) is 101 Å². The summed E-state index contributed by atoms with van der Waals surface area (Å²) in [5, 5.41) is 8.38. The highest BCUT2D eigenvalue weighted by Crippen LogP contribution is 2.26. The number of rotatable bonds is 5. The molecule has 0 aromatic carbocycles. The fourth-order valence-electron chi connectivity index (χ4n) is 1.78. The van der Waals surface area contributed by atoms with E-state index in [9.17, 15) is 13.2 Å². The van der Waals surface area contributed by atoms with Gasteiger partial charge in [-0.05, 0) is 36.8 Å². The van der Waals surface area contributed by atoms with Crippen molar-refractivity contribution < 1.29 is 22.7 Å². The highest BCUT2D eigenvalue weighted by atomic mass is 32.2. The molecular weight excluding hydrogens is 296 g/mol. The molecule has 8 heteroatoms. The number of aromatic nitrogens is 1. The summed E-state index contributed by atoms with van der Waals surface area (Å²) < 4.78 is 30.8. The number of sulfonamides is 1. The Morgan fingerprint density at radius 2 is 1.90 bits per heavy atom. The van der Waals surface area contributed by atoms with Crippen molar-refractivity contribution in [1.82, 2.24) is 9.29 Å². The maximum absolute atomic E-state index is 12.4. The van der Waals surface area contributed by atoms with E-state index in [4.69, 9.17) is 9.52 Å². The first kappa shape index (κ1) is 15.2. The summed E-state index contributed by atoms with van der Waals surface area (Å²) in [5.74, 6) is -1.74. The Bertz CT molecular complexity index is 739. The van der Waals surface area contributed by atoms with E-state index in [0.29, 0.717) is 0 Å². The first-order valence-corrected chi connectivity index (χ1v) is 7.49. The van der Waals surface area contributed by atoms with E-state index in [1.54, 1.807) is 31.5 Å². The van der Waals surface area contributed by atoms with Crippen molar-refractivity contribution in [3.05, 3.63) is 48.0 Å². The Kier molecular flexibility index (Phi) is 4.10. The third kappa shape index (κ3) is 2.96. The minimum atomic E-state index is -3.92. The Morgan fingerprint density at radius 3 is 2.43 bits per heavy atom. The van der Waals surface area contributed by atoms with Crippen LogP contribution in [0.1, 0.15) is 29.1 Å². The van der Waals surface area contributed by atoms with Crippen LogP contribution in [0.15, 0.2) is 46.2 Å². The first-order valence-electron chi connectivity index (χ1n) is 6.05. The molecule has 0 aliphatic heterocycles. The van der Waals surface area contributed by atoms with Crippen molar-refractivity contribution in [1.29, 1.82) is 0 Å². The number of furan rings is 1. The van der Waals surface area contributed by atoms with E-state index in [1.165, 1.54) is 7.05 Å². The molecule has 0 fully saturated rings. The highest BCUT2D eigenvalue weighted by Gasteiger charge is 2.29. The molecule has 0 saturated carbocycles. The number of pyridine rings is 1. The lowest BCUT2D eigenvalue weighted by Gasteiger charge is -2.23. The number of hydrogen-bond donors (Lipinski definition) is 1. The van der Waals surface area contributed by atoms with Crippen molar-refractivity contribution in [3.63, 3.8) is 0 Å². The van der Waals surface area contributed by atoms with Crippen LogP contribution < -0.4 is 0 Å². The molecule has 21 heavy (non-hydrogen) atoms. The van der Waals surface area contributed by atoms with E-state index in [0.717, 1.165) is 22.0 Å². The second-order valence-electron chi connectivity index (χ2n) is 4.40. The van der Waals surface area contributed by atoms with Gasteiger partial charge in [0.15, 0.2) is 0 Å². The fourth-order valence-corrected chi connectivity index (χ4v) is 3.03. The van der Waals surface area contributed by atoms with Gasteiger partial charge in [-0.15, -0.1) is 0 Å². The summed E-state index contributed by atoms with van der Waals surface area (Å²) in [6.07, 6.45) is 3.14. The normalized spacial score (nSPS) is 13.3. The largest absolute Gasteiger partial charge is 0.475 e. The molecule has 2 rings (SSSR count).